The topological polar surface area (TPSA) is 84.7 Å². The van der Waals surface area contributed by atoms with Crippen molar-refractivity contribution < 1.29 is 14.3 Å². The van der Waals surface area contributed by atoms with Crippen molar-refractivity contribution in [3.8, 4) is 11.5 Å². The molecule has 28 heavy (non-hydrogen) atoms. The minimum atomic E-state index is -0.612. The molecule has 0 bridgehead atoms. The van der Waals surface area contributed by atoms with E-state index in [9.17, 15) is 4.79 Å². The molecule has 1 aliphatic rings. The van der Waals surface area contributed by atoms with Gasteiger partial charge in [-0.2, -0.15) is 14.9 Å². The summed E-state index contributed by atoms with van der Waals surface area (Å²) in [6.07, 6.45) is 3.32. The molecular formula is C19H25N5O3S. The van der Waals surface area contributed by atoms with Gasteiger partial charge in [-0.15, -0.1) is 0 Å². The summed E-state index contributed by atoms with van der Waals surface area (Å²) in [7, 11) is 3.39. The number of H-pyrrole nitrogens is 1. The highest BCUT2D eigenvalue weighted by Gasteiger charge is 2.29. The van der Waals surface area contributed by atoms with Crippen molar-refractivity contribution >= 4 is 24.3 Å². The normalized spacial score (nSPS) is 14.9. The van der Waals surface area contributed by atoms with Crippen LogP contribution in [0.5, 0.6) is 11.5 Å². The summed E-state index contributed by atoms with van der Waals surface area (Å²) < 4.78 is 13.6. The number of amides is 1. The van der Waals surface area contributed by atoms with E-state index in [2.05, 4.69) is 15.3 Å². The van der Waals surface area contributed by atoms with Crippen LogP contribution in [0.15, 0.2) is 23.3 Å². The van der Waals surface area contributed by atoms with Crippen LogP contribution in [0, 0.1) is 4.77 Å². The Kier molecular flexibility index (Phi) is 6.13. The zero-order valence-corrected chi connectivity index (χ0v) is 17.3. The van der Waals surface area contributed by atoms with Gasteiger partial charge in [0.1, 0.15) is 0 Å². The molecule has 0 unspecified atom stereocenters. The molecule has 9 heteroatoms. The maximum atomic E-state index is 12.1. The monoisotopic (exact) mass is 403 g/mol. The van der Waals surface area contributed by atoms with Crippen LogP contribution >= 0.6 is 12.2 Å². The van der Waals surface area contributed by atoms with Crippen molar-refractivity contribution in [3.63, 3.8) is 0 Å². The highest BCUT2D eigenvalue weighted by molar-refractivity contribution is 7.71. The van der Waals surface area contributed by atoms with Gasteiger partial charge in [0, 0.05) is 20.0 Å². The van der Waals surface area contributed by atoms with Gasteiger partial charge >= 0.3 is 0 Å². The lowest BCUT2D eigenvalue weighted by Crippen LogP contribution is -2.35. The third-order valence-corrected chi connectivity index (χ3v) is 4.56. The van der Waals surface area contributed by atoms with E-state index >= 15 is 0 Å². The van der Waals surface area contributed by atoms with Crippen molar-refractivity contribution in [2.75, 3.05) is 20.7 Å². The molecule has 0 spiro atoms. The summed E-state index contributed by atoms with van der Waals surface area (Å²) in [6, 6.07) is 5.46. The molecular weight excluding hydrogens is 378 g/mol. The molecule has 1 saturated carbocycles. The quantitative estimate of drug-likeness (QED) is 0.541. The van der Waals surface area contributed by atoms with Gasteiger partial charge in [-0.1, -0.05) is 0 Å². The third-order valence-electron chi connectivity index (χ3n) is 4.30. The SMILES string of the molecule is CCOc1cc(/C=N\n2c(C3CC3)n[nH]c2=S)ccc1O[C@@H](C)C(=O)N(C)C. The predicted octanol–water partition coefficient (Wildman–Crippen LogP) is 2.95. The third kappa shape index (κ3) is 4.59. The van der Waals surface area contributed by atoms with E-state index in [1.807, 2.05) is 19.1 Å². The molecule has 1 aliphatic carbocycles. The first-order chi connectivity index (χ1) is 13.4. The van der Waals surface area contributed by atoms with Crippen LogP contribution in [0.4, 0.5) is 0 Å². The van der Waals surface area contributed by atoms with E-state index < -0.39 is 6.10 Å². The number of hydrogen-bond acceptors (Lipinski definition) is 6. The Morgan fingerprint density at radius 1 is 1.46 bits per heavy atom. The Bertz CT molecular complexity index is 930. The molecule has 8 nitrogen and oxygen atoms in total. The van der Waals surface area contributed by atoms with Gasteiger partial charge in [-0.3, -0.25) is 9.89 Å². The summed E-state index contributed by atoms with van der Waals surface area (Å²) >= 11 is 5.27. The number of nitrogens with one attached hydrogen (secondary N) is 1. The second-order valence-electron chi connectivity index (χ2n) is 6.85. The van der Waals surface area contributed by atoms with Gasteiger partial charge in [-0.05, 0) is 62.7 Å². The molecule has 1 aromatic carbocycles. The lowest BCUT2D eigenvalue weighted by molar-refractivity contribution is -0.135. The first-order valence-electron chi connectivity index (χ1n) is 9.27. The van der Waals surface area contributed by atoms with E-state index in [4.69, 9.17) is 21.7 Å². The maximum absolute atomic E-state index is 12.1. The van der Waals surface area contributed by atoms with E-state index in [1.54, 1.807) is 38.0 Å². The Morgan fingerprint density at radius 3 is 2.86 bits per heavy atom. The van der Waals surface area contributed by atoms with Crippen LogP contribution in [-0.2, 0) is 4.79 Å². The number of rotatable bonds is 8. The molecule has 1 atom stereocenters. The molecule has 150 valence electrons. The van der Waals surface area contributed by atoms with Gasteiger partial charge in [0.05, 0.1) is 12.8 Å². The minimum Gasteiger partial charge on any atom is -0.490 e. The summed E-state index contributed by atoms with van der Waals surface area (Å²) in [5, 5.41) is 11.5. The zero-order valence-electron chi connectivity index (χ0n) is 16.5. The Balaban J connectivity index is 1.81. The fraction of sp³-hybridized carbons (Fsp3) is 0.474. The maximum Gasteiger partial charge on any atom is 0.262 e. The van der Waals surface area contributed by atoms with Crippen LogP contribution in [0.3, 0.4) is 0 Å². The largest absolute Gasteiger partial charge is 0.490 e. The molecule has 1 fully saturated rings. The number of ether oxygens (including phenoxy) is 2. The molecule has 2 aromatic rings. The Hall–Kier alpha value is -2.68. The first-order valence-corrected chi connectivity index (χ1v) is 9.67. The highest BCUT2D eigenvalue weighted by Crippen LogP contribution is 2.38. The number of aromatic amines is 1. The van der Waals surface area contributed by atoms with Crippen molar-refractivity contribution in [3.05, 3.63) is 34.4 Å². The van der Waals surface area contributed by atoms with Crippen LogP contribution in [0.2, 0.25) is 0 Å². The smallest absolute Gasteiger partial charge is 0.262 e. The van der Waals surface area contributed by atoms with E-state index in [1.165, 1.54) is 4.90 Å². The summed E-state index contributed by atoms with van der Waals surface area (Å²) in [6.45, 7) is 4.09. The second kappa shape index (κ2) is 8.55. The molecule has 1 heterocycles. The van der Waals surface area contributed by atoms with Crippen molar-refractivity contribution in [1.82, 2.24) is 19.8 Å². The molecule has 1 N–H and O–H groups in total. The number of benzene rings is 1. The molecule has 0 saturated heterocycles. The molecule has 1 amide bonds. The second-order valence-corrected chi connectivity index (χ2v) is 7.24. The van der Waals surface area contributed by atoms with Crippen molar-refractivity contribution in [1.29, 1.82) is 0 Å². The van der Waals surface area contributed by atoms with Gasteiger partial charge in [0.15, 0.2) is 23.4 Å². The molecule has 0 radical (unpaired) electrons. The fourth-order valence-corrected chi connectivity index (χ4v) is 2.91. The van der Waals surface area contributed by atoms with Gasteiger partial charge < -0.3 is 14.4 Å². The predicted molar refractivity (Wildman–Crippen MR) is 109 cm³/mol. The first kappa shape index (κ1) is 20.1. The lowest BCUT2D eigenvalue weighted by Gasteiger charge is -2.20. The average molecular weight is 404 g/mol. The average Bonchev–Trinajstić information content (AvgIpc) is 3.44. The molecule has 1 aromatic heterocycles. The van der Waals surface area contributed by atoms with Crippen LogP contribution in [-0.4, -0.2) is 58.7 Å². The summed E-state index contributed by atoms with van der Waals surface area (Å²) in [4.78, 5) is 13.6. The van der Waals surface area contributed by atoms with Crippen LogP contribution in [0.25, 0.3) is 0 Å². The van der Waals surface area contributed by atoms with E-state index in [-0.39, 0.29) is 5.91 Å². The van der Waals surface area contributed by atoms with E-state index in [0.29, 0.717) is 28.8 Å². The number of nitrogens with zero attached hydrogens (tertiary/aromatic N) is 4. The van der Waals surface area contributed by atoms with Crippen LogP contribution in [0.1, 0.15) is 44.0 Å². The molecule has 0 aliphatic heterocycles. The van der Waals surface area contributed by atoms with Crippen molar-refractivity contribution in [2.45, 2.75) is 38.7 Å². The van der Waals surface area contributed by atoms with Crippen molar-refractivity contribution in [2.24, 2.45) is 5.10 Å². The summed E-state index contributed by atoms with van der Waals surface area (Å²) in [5.74, 6) is 2.25. The Labute approximate surface area is 169 Å². The van der Waals surface area contributed by atoms with Crippen LogP contribution < -0.4 is 9.47 Å². The number of carbonyl (C=O) groups is 1. The minimum absolute atomic E-state index is 0.116. The van der Waals surface area contributed by atoms with Gasteiger partial charge in [0.2, 0.25) is 4.77 Å². The lowest BCUT2D eigenvalue weighted by atomic mass is 10.2. The standard InChI is InChI=1S/C19H25N5O3S/c1-5-26-16-10-13(6-9-15(16)27-12(2)18(25)23(3)4)11-20-24-17(14-7-8-14)21-22-19(24)28/h6,9-12,14H,5,7-8H2,1-4H3,(H,22,28)/b20-11-/t12-/m0/s1. The number of carbonyl (C=O) groups excluding carboxylic acids is 1. The Morgan fingerprint density at radius 2 is 2.21 bits per heavy atom. The zero-order chi connectivity index (χ0) is 20.3. The van der Waals surface area contributed by atoms with Gasteiger partial charge in [0.25, 0.3) is 5.91 Å². The van der Waals surface area contributed by atoms with Gasteiger partial charge in [-0.25, -0.2) is 0 Å². The molecule has 3 rings (SSSR count). The van der Waals surface area contributed by atoms with E-state index in [0.717, 1.165) is 24.2 Å². The summed E-state index contributed by atoms with van der Waals surface area (Å²) in [5.41, 5.74) is 0.826. The number of likely N-dealkylation sites (N-methyl/N-ethyl adjacent to an activating group) is 1. The highest BCUT2D eigenvalue weighted by atomic mass is 32.1. The fourth-order valence-electron chi connectivity index (χ4n) is 2.72. The number of aromatic nitrogens is 3. The number of hydrogen-bond donors (Lipinski definition) is 1.